The first kappa shape index (κ1) is 18.3. The van der Waals surface area contributed by atoms with Crippen LogP contribution < -0.4 is 10.2 Å². The van der Waals surface area contributed by atoms with Crippen molar-refractivity contribution in [1.29, 1.82) is 0 Å². The first-order valence-electron chi connectivity index (χ1n) is 10.7. The molecule has 2 N–H and O–H groups in total. The van der Waals surface area contributed by atoms with Crippen LogP contribution in [0.5, 0.6) is 0 Å². The summed E-state index contributed by atoms with van der Waals surface area (Å²) in [4.78, 5) is 20.9. The van der Waals surface area contributed by atoms with Gasteiger partial charge in [0.15, 0.2) is 0 Å². The number of para-hydroxylation sites is 1. The SMILES string of the molecule is CC1CCCN1C1CCN(c2ccc(NC(=O)c3cc4ccccc4[nH]3)cc2)C1. The van der Waals surface area contributed by atoms with Gasteiger partial charge in [0.05, 0.1) is 0 Å². The van der Waals surface area contributed by atoms with Crippen molar-refractivity contribution < 1.29 is 4.79 Å². The molecule has 2 aliphatic rings. The van der Waals surface area contributed by atoms with Crippen LogP contribution in [0.15, 0.2) is 54.6 Å². The average Bonchev–Trinajstić information content (AvgIpc) is 3.47. The molecule has 3 aromatic rings. The Morgan fingerprint density at radius 3 is 2.66 bits per heavy atom. The predicted molar refractivity (Wildman–Crippen MR) is 119 cm³/mol. The summed E-state index contributed by atoms with van der Waals surface area (Å²) in [5.74, 6) is -0.113. The summed E-state index contributed by atoms with van der Waals surface area (Å²) < 4.78 is 0. The van der Waals surface area contributed by atoms with E-state index in [-0.39, 0.29) is 5.91 Å². The molecule has 29 heavy (non-hydrogen) atoms. The van der Waals surface area contributed by atoms with Crippen LogP contribution in [0, 0.1) is 0 Å². The minimum Gasteiger partial charge on any atom is -0.370 e. The quantitative estimate of drug-likeness (QED) is 0.693. The van der Waals surface area contributed by atoms with Crippen LogP contribution >= 0.6 is 0 Å². The number of aromatic amines is 1. The first-order chi connectivity index (χ1) is 14.2. The minimum atomic E-state index is -0.113. The molecule has 2 fully saturated rings. The highest BCUT2D eigenvalue weighted by atomic mass is 16.1. The molecule has 0 spiro atoms. The Kier molecular flexibility index (Phi) is 4.76. The Labute approximate surface area is 171 Å². The zero-order chi connectivity index (χ0) is 19.8. The van der Waals surface area contributed by atoms with Crippen LogP contribution in [-0.4, -0.2) is 47.5 Å². The van der Waals surface area contributed by atoms with E-state index in [1.54, 1.807) is 0 Å². The molecule has 5 rings (SSSR count). The van der Waals surface area contributed by atoms with Gasteiger partial charge < -0.3 is 15.2 Å². The van der Waals surface area contributed by atoms with Gasteiger partial charge in [-0.25, -0.2) is 0 Å². The molecule has 0 aliphatic carbocycles. The van der Waals surface area contributed by atoms with Gasteiger partial charge in [-0.2, -0.15) is 0 Å². The molecule has 2 saturated heterocycles. The molecule has 5 nitrogen and oxygen atoms in total. The lowest BCUT2D eigenvalue weighted by Crippen LogP contribution is -2.39. The normalized spacial score (nSPS) is 22.4. The van der Waals surface area contributed by atoms with Crippen LogP contribution in [0.2, 0.25) is 0 Å². The summed E-state index contributed by atoms with van der Waals surface area (Å²) in [5, 5.41) is 4.04. The molecule has 0 bridgehead atoms. The second-order valence-corrected chi connectivity index (χ2v) is 8.39. The van der Waals surface area contributed by atoms with E-state index in [9.17, 15) is 4.79 Å². The van der Waals surface area contributed by atoms with Gasteiger partial charge in [-0.3, -0.25) is 9.69 Å². The van der Waals surface area contributed by atoms with Crippen LogP contribution in [0.3, 0.4) is 0 Å². The van der Waals surface area contributed by atoms with Crippen molar-refractivity contribution in [2.45, 2.75) is 38.3 Å². The third kappa shape index (κ3) is 3.62. The monoisotopic (exact) mass is 388 g/mol. The van der Waals surface area contributed by atoms with Crippen LogP contribution in [0.4, 0.5) is 11.4 Å². The number of H-pyrrole nitrogens is 1. The van der Waals surface area contributed by atoms with Gasteiger partial charge in [0, 0.05) is 47.5 Å². The van der Waals surface area contributed by atoms with E-state index in [0.29, 0.717) is 11.7 Å². The number of anilines is 2. The Morgan fingerprint density at radius 2 is 1.90 bits per heavy atom. The van der Waals surface area contributed by atoms with Gasteiger partial charge in [0.2, 0.25) is 0 Å². The Hall–Kier alpha value is -2.79. The molecule has 0 saturated carbocycles. The van der Waals surface area contributed by atoms with E-state index in [1.165, 1.54) is 31.5 Å². The maximum atomic E-state index is 12.6. The number of aromatic nitrogens is 1. The van der Waals surface area contributed by atoms with Crippen LogP contribution in [0.25, 0.3) is 10.9 Å². The summed E-state index contributed by atoms with van der Waals surface area (Å²) in [6.45, 7) is 5.82. The number of fused-ring (bicyclic) bond motifs is 1. The molecule has 5 heteroatoms. The van der Waals surface area contributed by atoms with Crippen molar-refractivity contribution in [3.8, 4) is 0 Å². The molecular formula is C24H28N4O. The predicted octanol–water partition coefficient (Wildman–Crippen LogP) is 4.48. The first-order valence-corrected chi connectivity index (χ1v) is 10.7. The highest BCUT2D eigenvalue weighted by Gasteiger charge is 2.32. The smallest absolute Gasteiger partial charge is 0.272 e. The number of amides is 1. The second-order valence-electron chi connectivity index (χ2n) is 8.39. The molecule has 150 valence electrons. The molecule has 2 aliphatic heterocycles. The van der Waals surface area contributed by atoms with Gasteiger partial charge in [-0.15, -0.1) is 0 Å². The zero-order valence-electron chi connectivity index (χ0n) is 16.9. The number of hydrogen-bond donors (Lipinski definition) is 2. The van der Waals surface area contributed by atoms with Gasteiger partial charge in [0.1, 0.15) is 5.69 Å². The fourth-order valence-electron chi connectivity index (χ4n) is 4.89. The van der Waals surface area contributed by atoms with E-state index in [2.05, 4.69) is 39.2 Å². The van der Waals surface area contributed by atoms with E-state index in [1.807, 2.05) is 42.5 Å². The van der Waals surface area contributed by atoms with Crippen molar-refractivity contribution in [2.75, 3.05) is 29.9 Å². The third-order valence-electron chi connectivity index (χ3n) is 6.50. The molecule has 2 unspecified atom stereocenters. The van der Waals surface area contributed by atoms with Crippen molar-refractivity contribution in [3.63, 3.8) is 0 Å². The number of carbonyl (C=O) groups is 1. The number of benzene rings is 2. The van der Waals surface area contributed by atoms with Gasteiger partial charge >= 0.3 is 0 Å². The topological polar surface area (TPSA) is 51.4 Å². The van der Waals surface area contributed by atoms with Crippen LogP contribution in [-0.2, 0) is 0 Å². The van der Waals surface area contributed by atoms with Crippen molar-refractivity contribution >= 4 is 28.2 Å². The fraction of sp³-hybridized carbons (Fsp3) is 0.375. The number of carbonyl (C=O) groups excluding carboxylic acids is 1. The third-order valence-corrected chi connectivity index (χ3v) is 6.50. The number of nitrogens with zero attached hydrogens (tertiary/aromatic N) is 2. The molecule has 1 aromatic heterocycles. The highest BCUT2D eigenvalue weighted by Crippen LogP contribution is 2.29. The fourth-order valence-corrected chi connectivity index (χ4v) is 4.89. The molecule has 2 atom stereocenters. The molecular weight excluding hydrogens is 360 g/mol. The summed E-state index contributed by atoms with van der Waals surface area (Å²) >= 11 is 0. The Morgan fingerprint density at radius 1 is 1.07 bits per heavy atom. The van der Waals surface area contributed by atoms with Gasteiger partial charge in [0.25, 0.3) is 5.91 Å². The van der Waals surface area contributed by atoms with Gasteiger partial charge in [-0.05, 0) is 69.1 Å². The number of nitrogens with one attached hydrogen (secondary N) is 2. The van der Waals surface area contributed by atoms with Crippen molar-refractivity contribution in [3.05, 3.63) is 60.3 Å². The maximum Gasteiger partial charge on any atom is 0.272 e. The highest BCUT2D eigenvalue weighted by molar-refractivity contribution is 6.05. The Bertz CT molecular complexity index is 976. The summed E-state index contributed by atoms with van der Waals surface area (Å²) in [5.41, 5.74) is 3.62. The zero-order valence-corrected chi connectivity index (χ0v) is 16.9. The second kappa shape index (κ2) is 7.56. The lowest BCUT2D eigenvalue weighted by molar-refractivity contribution is 0.102. The maximum absolute atomic E-state index is 12.6. The van der Waals surface area contributed by atoms with Crippen LogP contribution in [0.1, 0.15) is 36.7 Å². The largest absolute Gasteiger partial charge is 0.370 e. The summed E-state index contributed by atoms with van der Waals surface area (Å²) in [7, 11) is 0. The number of likely N-dealkylation sites (tertiary alicyclic amines) is 1. The summed E-state index contributed by atoms with van der Waals surface area (Å²) in [6.07, 6.45) is 3.91. The number of hydrogen-bond acceptors (Lipinski definition) is 3. The molecule has 1 amide bonds. The van der Waals surface area contributed by atoms with Crippen molar-refractivity contribution in [2.24, 2.45) is 0 Å². The molecule has 2 aromatic carbocycles. The average molecular weight is 389 g/mol. The molecule has 0 radical (unpaired) electrons. The van der Waals surface area contributed by atoms with Crippen molar-refractivity contribution in [1.82, 2.24) is 9.88 Å². The Balaban J connectivity index is 1.23. The lowest BCUT2D eigenvalue weighted by atomic mass is 10.2. The minimum absolute atomic E-state index is 0.113. The molecule has 3 heterocycles. The van der Waals surface area contributed by atoms with E-state index < -0.39 is 0 Å². The lowest BCUT2D eigenvalue weighted by Gasteiger charge is -2.28. The summed E-state index contributed by atoms with van der Waals surface area (Å²) in [6, 6.07) is 19.5. The van der Waals surface area contributed by atoms with Gasteiger partial charge in [-0.1, -0.05) is 18.2 Å². The van der Waals surface area contributed by atoms with E-state index in [0.717, 1.165) is 35.7 Å². The number of rotatable bonds is 4. The van der Waals surface area contributed by atoms with E-state index >= 15 is 0 Å². The standard InChI is InChI=1S/C24H28N4O/c1-17-5-4-13-28(17)21-12-14-27(16-21)20-10-8-19(9-11-20)25-24(29)23-15-18-6-2-3-7-22(18)26-23/h2-3,6-11,15,17,21,26H,4-5,12-14,16H2,1H3,(H,25,29). The van der Waals surface area contributed by atoms with E-state index in [4.69, 9.17) is 0 Å².